The van der Waals surface area contributed by atoms with Crippen LogP contribution >= 0.6 is 0 Å². The van der Waals surface area contributed by atoms with Crippen LogP contribution in [-0.2, 0) is 17.8 Å². The third kappa shape index (κ3) is 2.03. The van der Waals surface area contributed by atoms with E-state index in [-0.39, 0.29) is 0 Å². The van der Waals surface area contributed by atoms with Crippen molar-refractivity contribution in [1.82, 2.24) is 10.6 Å². The van der Waals surface area contributed by atoms with Crippen LogP contribution in [0.4, 0.5) is 0 Å². The number of nitrogens with one attached hydrogen (secondary N) is 1. The molecule has 4 heteroatoms. The Morgan fingerprint density at radius 1 is 1.73 bits per heavy atom. The lowest BCUT2D eigenvalue weighted by Gasteiger charge is -1.98. The van der Waals surface area contributed by atoms with E-state index in [9.17, 15) is 0 Å². The average Bonchev–Trinajstić information content (AvgIpc) is 2.47. The molecule has 0 atom stereocenters. The molecule has 0 saturated heterocycles. The number of aromatic nitrogens is 1. The molecule has 0 bridgehead atoms. The van der Waals surface area contributed by atoms with E-state index in [1.807, 2.05) is 6.92 Å². The molecule has 11 heavy (non-hydrogen) atoms. The van der Waals surface area contributed by atoms with Crippen molar-refractivity contribution in [2.24, 2.45) is 0 Å². The minimum Gasteiger partial charge on any atom is -0.361 e. The Hall–Kier alpha value is -0.870. The molecule has 0 amide bonds. The maximum absolute atomic E-state index is 4.97. The smallest absolute Gasteiger partial charge is 0.141 e. The molecule has 1 N–H and O–H groups in total. The van der Waals surface area contributed by atoms with E-state index in [1.165, 1.54) is 0 Å². The summed E-state index contributed by atoms with van der Waals surface area (Å²) in [6, 6.07) is 0. The van der Waals surface area contributed by atoms with Gasteiger partial charge in [-0.2, -0.15) is 5.48 Å². The first-order valence-corrected chi connectivity index (χ1v) is 3.56. The summed E-state index contributed by atoms with van der Waals surface area (Å²) in [5.41, 5.74) is 3.78. The van der Waals surface area contributed by atoms with Crippen molar-refractivity contribution in [3.63, 3.8) is 0 Å². The van der Waals surface area contributed by atoms with Crippen molar-refractivity contribution in [3.8, 4) is 0 Å². The van der Waals surface area contributed by atoms with E-state index in [2.05, 4.69) is 10.6 Å². The van der Waals surface area contributed by atoms with Gasteiger partial charge < -0.3 is 9.36 Å². The highest BCUT2D eigenvalue weighted by Gasteiger charge is 2.03. The minimum atomic E-state index is 0.642. The summed E-state index contributed by atoms with van der Waals surface area (Å²) < 4.78 is 4.97. The van der Waals surface area contributed by atoms with Gasteiger partial charge >= 0.3 is 0 Å². The lowest BCUT2D eigenvalue weighted by Crippen LogP contribution is -2.11. The Bertz CT molecular complexity index is 210. The van der Waals surface area contributed by atoms with Crippen molar-refractivity contribution in [3.05, 3.63) is 17.5 Å². The largest absolute Gasteiger partial charge is 0.361 e. The van der Waals surface area contributed by atoms with E-state index in [0.29, 0.717) is 6.54 Å². The Morgan fingerprint density at radius 3 is 3.18 bits per heavy atom. The molecule has 0 aromatic carbocycles. The van der Waals surface area contributed by atoms with E-state index < -0.39 is 0 Å². The van der Waals surface area contributed by atoms with E-state index in [4.69, 9.17) is 9.36 Å². The van der Waals surface area contributed by atoms with Gasteiger partial charge in [-0.25, -0.2) is 0 Å². The number of rotatable bonds is 4. The summed E-state index contributed by atoms with van der Waals surface area (Å²) >= 11 is 0. The first-order valence-electron chi connectivity index (χ1n) is 3.56. The molecule has 0 aliphatic carbocycles. The lowest BCUT2D eigenvalue weighted by atomic mass is 10.2. The van der Waals surface area contributed by atoms with E-state index in [1.54, 1.807) is 13.3 Å². The molecule has 1 heterocycles. The van der Waals surface area contributed by atoms with Crippen LogP contribution in [0.1, 0.15) is 18.2 Å². The maximum Gasteiger partial charge on any atom is 0.141 e. The van der Waals surface area contributed by atoms with E-state index >= 15 is 0 Å². The Kier molecular flexibility index (Phi) is 3.07. The molecule has 0 radical (unpaired) electrons. The van der Waals surface area contributed by atoms with Crippen molar-refractivity contribution in [2.75, 3.05) is 7.11 Å². The number of hydrogen-bond acceptors (Lipinski definition) is 4. The number of hydroxylamine groups is 1. The standard InChI is InChI=1S/C7H12N2O2/c1-3-7-6(4-8-10-2)5-9-11-7/h5,8H,3-4H2,1-2H3. The highest BCUT2D eigenvalue weighted by Crippen LogP contribution is 2.07. The molecule has 0 unspecified atom stereocenters. The number of nitrogens with zero attached hydrogens (tertiary/aromatic N) is 1. The minimum absolute atomic E-state index is 0.642. The highest BCUT2D eigenvalue weighted by molar-refractivity contribution is 5.12. The van der Waals surface area contributed by atoms with Crippen LogP contribution < -0.4 is 5.48 Å². The molecule has 4 nitrogen and oxygen atoms in total. The molecule has 0 fully saturated rings. The molecule has 1 aromatic heterocycles. The molecular formula is C7H12N2O2. The zero-order chi connectivity index (χ0) is 8.10. The summed E-state index contributed by atoms with van der Waals surface area (Å²) in [6.45, 7) is 2.67. The van der Waals surface area contributed by atoms with Gasteiger partial charge in [0.05, 0.1) is 19.9 Å². The molecule has 0 saturated carbocycles. The van der Waals surface area contributed by atoms with Crippen LogP contribution in [0.3, 0.4) is 0 Å². The first-order chi connectivity index (χ1) is 5.38. The summed E-state index contributed by atoms with van der Waals surface area (Å²) in [4.78, 5) is 4.70. The Labute approximate surface area is 65.5 Å². The third-order valence-corrected chi connectivity index (χ3v) is 1.46. The second-order valence-corrected chi connectivity index (χ2v) is 2.15. The predicted molar refractivity (Wildman–Crippen MR) is 39.7 cm³/mol. The van der Waals surface area contributed by atoms with Crippen LogP contribution in [0.2, 0.25) is 0 Å². The molecule has 0 aliphatic heterocycles. The molecule has 62 valence electrons. The molecule has 0 spiro atoms. The second-order valence-electron chi connectivity index (χ2n) is 2.15. The molecule has 0 aliphatic rings. The summed E-state index contributed by atoms with van der Waals surface area (Å²) in [7, 11) is 1.58. The van der Waals surface area contributed by atoms with Gasteiger partial charge in [-0.15, -0.1) is 0 Å². The number of aryl methyl sites for hydroxylation is 1. The van der Waals surface area contributed by atoms with Crippen LogP contribution in [0, 0.1) is 0 Å². The quantitative estimate of drug-likeness (QED) is 0.657. The summed E-state index contributed by atoms with van der Waals surface area (Å²) in [5.74, 6) is 0.912. The maximum atomic E-state index is 4.97. The second kappa shape index (κ2) is 4.10. The summed E-state index contributed by atoms with van der Waals surface area (Å²) in [6.07, 6.45) is 2.56. The van der Waals surface area contributed by atoms with Crippen molar-refractivity contribution >= 4 is 0 Å². The predicted octanol–water partition coefficient (Wildman–Crippen LogP) is 0.888. The fourth-order valence-corrected chi connectivity index (χ4v) is 0.870. The van der Waals surface area contributed by atoms with Crippen molar-refractivity contribution in [1.29, 1.82) is 0 Å². The fourth-order valence-electron chi connectivity index (χ4n) is 0.870. The van der Waals surface area contributed by atoms with Gasteiger partial charge in [-0.05, 0) is 0 Å². The Balaban J connectivity index is 2.54. The van der Waals surface area contributed by atoms with Gasteiger partial charge in [-0.3, -0.25) is 0 Å². The van der Waals surface area contributed by atoms with Crippen LogP contribution in [-0.4, -0.2) is 12.3 Å². The zero-order valence-corrected chi connectivity index (χ0v) is 6.76. The van der Waals surface area contributed by atoms with E-state index in [0.717, 1.165) is 17.7 Å². The third-order valence-electron chi connectivity index (χ3n) is 1.46. The van der Waals surface area contributed by atoms with Gasteiger partial charge in [-0.1, -0.05) is 12.1 Å². The van der Waals surface area contributed by atoms with Crippen molar-refractivity contribution < 1.29 is 9.36 Å². The first kappa shape index (κ1) is 8.23. The van der Waals surface area contributed by atoms with Crippen LogP contribution in [0.5, 0.6) is 0 Å². The lowest BCUT2D eigenvalue weighted by molar-refractivity contribution is 0.0863. The highest BCUT2D eigenvalue weighted by atomic mass is 16.6. The van der Waals surface area contributed by atoms with Crippen LogP contribution in [0.15, 0.2) is 10.7 Å². The van der Waals surface area contributed by atoms with Crippen LogP contribution in [0.25, 0.3) is 0 Å². The topological polar surface area (TPSA) is 47.3 Å². The normalized spacial score (nSPS) is 10.4. The molecule has 1 rings (SSSR count). The van der Waals surface area contributed by atoms with Gasteiger partial charge in [0.1, 0.15) is 5.76 Å². The molecular weight excluding hydrogens is 144 g/mol. The van der Waals surface area contributed by atoms with Gasteiger partial charge in [0.25, 0.3) is 0 Å². The number of hydrogen-bond donors (Lipinski definition) is 1. The average molecular weight is 156 g/mol. The monoisotopic (exact) mass is 156 g/mol. The van der Waals surface area contributed by atoms with Crippen molar-refractivity contribution in [2.45, 2.75) is 19.9 Å². The van der Waals surface area contributed by atoms with Gasteiger partial charge in [0.2, 0.25) is 0 Å². The summed E-state index contributed by atoms with van der Waals surface area (Å²) in [5, 5.41) is 3.68. The molecule has 1 aromatic rings. The fraction of sp³-hybridized carbons (Fsp3) is 0.571. The zero-order valence-electron chi connectivity index (χ0n) is 6.76. The Morgan fingerprint density at radius 2 is 2.55 bits per heavy atom. The van der Waals surface area contributed by atoms with Gasteiger partial charge in [0, 0.05) is 12.0 Å². The SMILES string of the molecule is CCc1oncc1CNOC. The van der Waals surface area contributed by atoms with Gasteiger partial charge in [0.15, 0.2) is 0 Å².